The predicted octanol–water partition coefficient (Wildman–Crippen LogP) is 14.3. The van der Waals surface area contributed by atoms with Gasteiger partial charge < -0.3 is 9.84 Å². The van der Waals surface area contributed by atoms with Crippen molar-refractivity contribution in [3.63, 3.8) is 0 Å². The van der Waals surface area contributed by atoms with Gasteiger partial charge in [-0.15, -0.1) is 0 Å². The lowest BCUT2D eigenvalue weighted by Gasteiger charge is -2.64. The Balaban J connectivity index is 0.00000105. The lowest BCUT2D eigenvalue weighted by Crippen LogP contribution is -2.58. The zero-order valence-corrected chi connectivity index (χ0v) is 36.9. The second-order valence-electron chi connectivity index (χ2n) is 15.4. The second-order valence-corrected chi connectivity index (χ2v) is 15.4. The highest BCUT2D eigenvalue weighted by Crippen LogP contribution is 2.68. The summed E-state index contributed by atoms with van der Waals surface area (Å²) in [5, 5.41) is 11.1. The zero-order chi connectivity index (χ0) is 39.5. The molecule has 3 heteroatoms. The van der Waals surface area contributed by atoms with Crippen LogP contribution in [0.25, 0.3) is 0 Å². The molecule has 0 heterocycles. The Hall–Kier alpha value is -1.87. The van der Waals surface area contributed by atoms with Gasteiger partial charge in [-0.25, -0.2) is 0 Å². The molecule has 1 N–H and O–H groups in total. The van der Waals surface area contributed by atoms with E-state index in [0.717, 1.165) is 29.2 Å². The van der Waals surface area contributed by atoms with Crippen LogP contribution in [0.3, 0.4) is 0 Å². The van der Waals surface area contributed by atoms with E-state index in [1.807, 2.05) is 105 Å². The largest absolute Gasteiger partial charge is 0.463 e. The van der Waals surface area contributed by atoms with Gasteiger partial charge in [0.25, 0.3) is 6.47 Å². The van der Waals surface area contributed by atoms with Crippen molar-refractivity contribution in [3.8, 4) is 0 Å². The first-order valence-electron chi connectivity index (χ1n) is 21.7. The summed E-state index contributed by atoms with van der Waals surface area (Å²) in [6, 6.07) is 9.55. The maximum Gasteiger partial charge on any atom is 0.293 e. The molecule has 0 aromatic heterocycles. The first-order chi connectivity index (χ1) is 24.5. The third-order valence-corrected chi connectivity index (χ3v) is 13.2. The number of rotatable bonds is 5. The Morgan fingerprint density at radius 2 is 1.49 bits per heavy atom. The van der Waals surface area contributed by atoms with Gasteiger partial charge in [0.15, 0.2) is 0 Å². The van der Waals surface area contributed by atoms with Gasteiger partial charge >= 0.3 is 0 Å². The molecular formula is C48H86O3. The Morgan fingerprint density at radius 1 is 0.902 bits per heavy atom. The number of fused-ring (bicyclic) bond motifs is 5. The number of benzene rings is 1. The molecule has 10 atom stereocenters. The van der Waals surface area contributed by atoms with Crippen LogP contribution in [0.2, 0.25) is 0 Å². The smallest absolute Gasteiger partial charge is 0.293 e. The molecule has 2 bridgehead atoms. The molecule has 296 valence electrons. The Morgan fingerprint density at radius 3 is 2.02 bits per heavy atom. The average molecular weight is 711 g/mol. The summed E-state index contributed by atoms with van der Waals surface area (Å²) < 4.78 is 4.54. The van der Waals surface area contributed by atoms with Crippen molar-refractivity contribution < 1.29 is 14.6 Å². The van der Waals surface area contributed by atoms with Crippen molar-refractivity contribution in [2.45, 2.75) is 182 Å². The Labute approximate surface area is 318 Å². The molecule has 1 aromatic rings. The molecule has 3 fully saturated rings. The van der Waals surface area contributed by atoms with E-state index in [4.69, 9.17) is 0 Å². The average Bonchev–Trinajstić information content (AvgIpc) is 3.18. The van der Waals surface area contributed by atoms with Crippen molar-refractivity contribution >= 4 is 6.47 Å². The molecule has 3 saturated carbocycles. The Bertz CT molecular complexity index is 1130. The molecule has 6 aliphatic carbocycles. The highest BCUT2D eigenvalue weighted by molar-refractivity contribution is 5.38. The number of aliphatic hydroxyl groups excluding tert-OH is 1. The molecule has 0 saturated heterocycles. The highest BCUT2D eigenvalue weighted by Gasteiger charge is 2.61. The minimum Gasteiger partial charge on any atom is -0.463 e. The summed E-state index contributed by atoms with van der Waals surface area (Å²) in [5.74, 6) is 5.86. The first kappa shape index (κ1) is 49.1. The van der Waals surface area contributed by atoms with Crippen LogP contribution < -0.4 is 0 Å². The zero-order valence-electron chi connectivity index (χ0n) is 36.9. The molecule has 6 aliphatic rings. The number of allylic oxidation sites excluding steroid dienone is 3. The van der Waals surface area contributed by atoms with Crippen molar-refractivity contribution in [3.05, 3.63) is 58.7 Å². The van der Waals surface area contributed by atoms with E-state index in [1.54, 1.807) is 0 Å². The molecule has 3 nitrogen and oxygen atoms in total. The van der Waals surface area contributed by atoms with Crippen LogP contribution >= 0.6 is 0 Å². The molecule has 8 unspecified atom stereocenters. The van der Waals surface area contributed by atoms with E-state index in [9.17, 15) is 9.90 Å². The van der Waals surface area contributed by atoms with E-state index in [0.29, 0.717) is 42.2 Å². The van der Waals surface area contributed by atoms with Gasteiger partial charge in [-0.1, -0.05) is 158 Å². The minimum absolute atomic E-state index is 0.158. The SMILES string of the molecule is C/C1=C2\C[C@@H](C2O)C2CCC3C(=CCC4CC(CC(C)C)CC[C@@]43C)C2(C)C(C)C1C.CC.CC.CC.CC.CC.O=COCc1ccccc1. The summed E-state index contributed by atoms with van der Waals surface area (Å²) in [4.78, 5) is 9.76. The van der Waals surface area contributed by atoms with Crippen LogP contribution in [0, 0.1) is 58.2 Å². The molecule has 7 rings (SSSR count). The molecule has 0 aliphatic heterocycles. The fourth-order valence-corrected chi connectivity index (χ4v) is 10.4. The maximum absolute atomic E-state index is 11.1. The van der Waals surface area contributed by atoms with Crippen LogP contribution in [-0.4, -0.2) is 17.7 Å². The molecular weight excluding hydrogens is 625 g/mol. The molecule has 51 heavy (non-hydrogen) atoms. The number of hydrogen-bond donors (Lipinski definition) is 1. The fourth-order valence-electron chi connectivity index (χ4n) is 10.4. The van der Waals surface area contributed by atoms with Gasteiger partial charge in [-0.3, -0.25) is 4.79 Å². The van der Waals surface area contributed by atoms with Crippen LogP contribution in [-0.2, 0) is 16.1 Å². The van der Waals surface area contributed by atoms with Crippen LogP contribution in [0.1, 0.15) is 175 Å². The van der Waals surface area contributed by atoms with Crippen LogP contribution in [0.15, 0.2) is 53.1 Å². The van der Waals surface area contributed by atoms with E-state index in [-0.39, 0.29) is 11.5 Å². The first-order valence-corrected chi connectivity index (χ1v) is 21.7. The summed E-state index contributed by atoms with van der Waals surface area (Å²) in [6.07, 6.45) is 13.6. The van der Waals surface area contributed by atoms with Crippen LogP contribution in [0.4, 0.5) is 0 Å². The number of hydrogen-bond acceptors (Lipinski definition) is 3. The fraction of sp³-hybridized carbons (Fsp3) is 0.771. The highest BCUT2D eigenvalue weighted by atomic mass is 16.5. The number of ether oxygens (including phenoxy) is 1. The van der Waals surface area contributed by atoms with Crippen molar-refractivity contribution in [1.82, 2.24) is 0 Å². The summed E-state index contributed by atoms with van der Waals surface area (Å²) in [5.41, 5.74) is 6.50. The summed E-state index contributed by atoms with van der Waals surface area (Å²) in [6.45, 7) is 38.3. The van der Waals surface area contributed by atoms with E-state index < -0.39 is 0 Å². The van der Waals surface area contributed by atoms with Crippen LogP contribution in [0.5, 0.6) is 0 Å². The predicted molar refractivity (Wildman–Crippen MR) is 225 cm³/mol. The van der Waals surface area contributed by atoms with Gasteiger partial charge in [0.1, 0.15) is 6.61 Å². The van der Waals surface area contributed by atoms with Gasteiger partial charge in [-0.05, 0) is 128 Å². The lowest BCUT2D eigenvalue weighted by atomic mass is 9.40. The van der Waals surface area contributed by atoms with Gasteiger partial charge in [0.05, 0.1) is 6.10 Å². The number of carbonyl (C=O) groups excluding carboxylic acids is 1. The Kier molecular flexibility index (Phi) is 23.5. The summed E-state index contributed by atoms with van der Waals surface area (Å²) in [7, 11) is 0. The van der Waals surface area contributed by atoms with Crippen molar-refractivity contribution in [1.29, 1.82) is 0 Å². The third kappa shape index (κ3) is 11.1. The van der Waals surface area contributed by atoms with Crippen molar-refractivity contribution in [2.24, 2.45) is 58.2 Å². The molecule has 0 radical (unpaired) electrons. The van der Waals surface area contributed by atoms with E-state index in [2.05, 4.69) is 59.3 Å². The second kappa shape index (κ2) is 24.4. The van der Waals surface area contributed by atoms with Gasteiger partial charge in [0, 0.05) is 0 Å². The number of aliphatic hydroxyl groups is 1. The topological polar surface area (TPSA) is 46.5 Å². The normalized spacial score (nSPS) is 35.2. The standard InChI is InChI=1S/C30H48O.C8H8O2.5C2H6/c1-17(2)14-21-12-13-29(6)22(15-21)8-9-27-26(29)11-10-25-24-16-23(28(24)31)19(4)18(3)20(5)30(25,27)7;9-7-10-6-8-4-2-1-3-5-8;5*1-2/h9,17-18,20-22,24-26,28,31H,8,10-16H2,1-7H3;1-5,7H,6H2;5*1-2H3/b23-19-;;;;;;/t18?,20?,21?,22?,24-,25?,26?,28?,29+,30?;;;;;;/m1....../s1. The molecule has 0 spiro atoms. The quantitative estimate of drug-likeness (QED) is 0.244. The van der Waals surface area contributed by atoms with Crippen molar-refractivity contribution in [2.75, 3.05) is 0 Å². The monoisotopic (exact) mass is 711 g/mol. The van der Waals surface area contributed by atoms with Gasteiger partial charge in [0.2, 0.25) is 0 Å². The van der Waals surface area contributed by atoms with E-state index >= 15 is 0 Å². The maximum atomic E-state index is 11.1. The molecule has 0 amide bonds. The minimum atomic E-state index is -0.158. The molecule has 1 aromatic carbocycles. The van der Waals surface area contributed by atoms with E-state index in [1.165, 1.54) is 62.5 Å². The number of carbonyl (C=O) groups is 1. The van der Waals surface area contributed by atoms with Gasteiger partial charge in [-0.2, -0.15) is 0 Å². The third-order valence-electron chi connectivity index (χ3n) is 13.2. The summed E-state index contributed by atoms with van der Waals surface area (Å²) >= 11 is 0. The lowest BCUT2D eigenvalue weighted by molar-refractivity contribution is -0.129.